The molecule has 23 heavy (non-hydrogen) atoms. The second kappa shape index (κ2) is 13.6. The van der Waals surface area contributed by atoms with Gasteiger partial charge in [0.1, 0.15) is 0 Å². The number of likely N-dealkylation sites (tertiary alicyclic amines) is 1. The Labute approximate surface area is 143 Å². The maximum absolute atomic E-state index is 5.07. The van der Waals surface area contributed by atoms with Crippen LogP contribution >= 0.6 is 0 Å². The molecule has 0 aromatic carbocycles. The first kappa shape index (κ1) is 20.2. The zero-order valence-electron chi connectivity index (χ0n) is 15.6. The quantitative estimate of drug-likeness (QED) is 0.348. The standard InChI is InChI=1S/C18H38N4O/c1-4-19-18(20-12-7-5-9-16-23-3)21-13-10-15-22-14-8-6-11-17(22)2/h17H,4-16H2,1-3H3,(H2,19,20,21). The molecule has 1 rings (SSSR count). The second-order valence-electron chi connectivity index (χ2n) is 6.48. The maximum atomic E-state index is 5.07. The van der Waals surface area contributed by atoms with Crippen molar-refractivity contribution >= 4 is 5.96 Å². The van der Waals surface area contributed by atoms with Crippen LogP contribution in [0.5, 0.6) is 0 Å². The number of nitrogens with one attached hydrogen (secondary N) is 2. The first-order valence-corrected chi connectivity index (χ1v) is 9.53. The fraction of sp³-hybridized carbons (Fsp3) is 0.944. The Balaban J connectivity index is 2.15. The lowest BCUT2D eigenvalue weighted by Crippen LogP contribution is -2.39. The highest BCUT2D eigenvalue weighted by atomic mass is 16.5. The van der Waals surface area contributed by atoms with Gasteiger partial charge >= 0.3 is 0 Å². The third kappa shape index (κ3) is 9.82. The molecule has 136 valence electrons. The van der Waals surface area contributed by atoms with Crippen LogP contribution in [0.1, 0.15) is 58.8 Å². The zero-order valence-corrected chi connectivity index (χ0v) is 15.6. The summed E-state index contributed by atoms with van der Waals surface area (Å²) in [6.07, 6.45) is 8.77. The molecule has 2 N–H and O–H groups in total. The minimum absolute atomic E-state index is 0.756. The summed E-state index contributed by atoms with van der Waals surface area (Å²) in [5, 5.41) is 6.76. The van der Waals surface area contributed by atoms with Crippen molar-refractivity contribution in [3.63, 3.8) is 0 Å². The van der Waals surface area contributed by atoms with Crippen molar-refractivity contribution in [3.05, 3.63) is 0 Å². The van der Waals surface area contributed by atoms with E-state index < -0.39 is 0 Å². The van der Waals surface area contributed by atoms with Crippen LogP contribution in [0.4, 0.5) is 0 Å². The van der Waals surface area contributed by atoms with Gasteiger partial charge in [-0.15, -0.1) is 0 Å². The number of rotatable bonds is 11. The molecule has 1 aliphatic heterocycles. The van der Waals surface area contributed by atoms with Crippen LogP contribution in [0.15, 0.2) is 4.99 Å². The van der Waals surface area contributed by atoms with Gasteiger partial charge in [-0.1, -0.05) is 6.42 Å². The molecule has 0 aliphatic carbocycles. The van der Waals surface area contributed by atoms with Crippen LogP contribution in [-0.2, 0) is 4.74 Å². The topological polar surface area (TPSA) is 48.9 Å². The lowest BCUT2D eigenvalue weighted by atomic mass is 10.0. The number of aliphatic imine (C=N–C) groups is 1. The van der Waals surface area contributed by atoms with Crippen LogP contribution in [0, 0.1) is 0 Å². The summed E-state index contributed by atoms with van der Waals surface area (Å²) in [6, 6.07) is 0.756. The summed E-state index contributed by atoms with van der Waals surface area (Å²) in [5.74, 6) is 0.964. The molecule has 1 atom stereocenters. The van der Waals surface area contributed by atoms with Crippen molar-refractivity contribution in [1.29, 1.82) is 0 Å². The molecule has 0 aromatic heterocycles. The number of hydrogen-bond acceptors (Lipinski definition) is 3. The molecule has 1 heterocycles. The van der Waals surface area contributed by atoms with Crippen molar-refractivity contribution in [2.75, 3.05) is 46.4 Å². The van der Waals surface area contributed by atoms with Crippen LogP contribution in [-0.4, -0.2) is 63.3 Å². The highest BCUT2D eigenvalue weighted by Crippen LogP contribution is 2.16. The summed E-state index contributed by atoms with van der Waals surface area (Å²) in [4.78, 5) is 7.32. The largest absolute Gasteiger partial charge is 0.385 e. The van der Waals surface area contributed by atoms with Gasteiger partial charge < -0.3 is 20.3 Å². The van der Waals surface area contributed by atoms with Gasteiger partial charge in [0.2, 0.25) is 0 Å². The normalized spacial score (nSPS) is 19.8. The summed E-state index contributed by atoms with van der Waals surface area (Å²) in [5.41, 5.74) is 0. The minimum atomic E-state index is 0.756. The number of piperidine rings is 1. The molecule has 1 fully saturated rings. The molecule has 0 radical (unpaired) electrons. The lowest BCUT2D eigenvalue weighted by molar-refractivity contribution is 0.160. The van der Waals surface area contributed by atoms with Gasteiger partial charge in [0.25, 0.3) is 0 Å². The van der Waals surface area contributed by atoms with Gasteiger partial charge in [0.05, 0.1) is 0 Å². The van der Waals surface area contributed by atoms with Gasteiger partial charge in [-0.2, -0.15) is 0 Å². The van der Waals surface area contributed by atoms with E-state index in [2.05, 4.69) is 29.4 Å². The van der Waals surface area contributed by atoms with E-state index in [-0.39, 0.29) is 0 Å². The fourth-order valence-corrected chi connectivity index (χ4v) is 3.05. The van der Waals surface area contributed by atoms with Crippen LogP contribution in [0.3, 0.4) is 0 Å². The van der Waals surface area contributed by atoms with Crippen molar-refractivity contribution in [1.82, 2.24) is 15.5 Å². The van der Waals surface area contributed by atoms with Crippen LogP contribution in [0.25, 0.3) is 0 Å². The maximum Gasteiger partial charge on any atom is 0.191 e. The third-order valence-electron chi connectivity index (χ3n) is 4.48. The highest BCUT2D eigenvalue weighted by Gasteiger charge is 2.16. The number of hydrogen-bond donors (Lipinski definition) is 2. The number of nitrogens with zero attached hydrogens (tertiary/aromatic N) is 2. The molecular weight excluding hydrogens is 288 g/mol. The predicted molar refractivity (Wildman–Crippen MR) is 99.2 cm³/mol. The first-order valence-electron chi connectivity index (χ1n) is 9.53. The van der Waals surface area contributed by atoms with E-state index in [0.29, 0.717) is 0 Å². The number of methoxy groups -OCH3 is 1. The van der Waals surface area contributed by atoms with E-state index in [1.165, 1.54) is 45.2 Å². The molecule has 0 spiro atoms. The number of ether oxygens (including phenoxy) is 1. The van der Waals surface area contributed by atoms with Gasteiger partial charge in [-0.25, -0.2) is 0 Å². The minimum Gasteiger partial charge on any atom is -0.385 e. The van der Waals surface area contributed by atoms with Gasteiger partial charge in [0, 0.05) is 45.9 Å². The Hall–Kier alpha value is -0.810. The molecule has 0 amide bonds. The Kier molecular flexibility index (Phi) is 12.0. The summed E-state index contributed by atoms with van der Waals surface area (Å²) < 4.78 is 5.07. The Morgan fingerprint density at radius 1 is 1.17 bits per heavy atom. The smallest absolute Gasteiger partial charge is 0.191 e. The molecule has 0 aromatic rings. The third-order valence-corrected chi connectivity index (χ3v) is 4.48. The Morgan fingerprint density at radius 3 is 2.78 bits per heavy atom. The van der Waals surface area contributed by atoms with Gasteiger partial charge in [-0.05, 0) is 58.9 Å². The van der Waals surface area contributed by atoms with E-state index in [4.69, 9.17) is 9.73 Å². The molecule has 5 heteroatoms. The SMILES string of the molecule is CCNC(=NCCCN1CCCCC1C)NCCCCCOC. The highest BCUT2D eigenvalue weighted by molar-refractivity contribution is 5.79. The molecule has 1 unspecified atom stereocenters. The molecule has 0 bridgehead atoms. The zero-order chi connectivity index (χ0) is 16.8. The number of guanidine groups is 1. The molecule has 1 aliphatic rings. The molecular formula is C18H38N4O. The van der Waals surface area contributed by atoms with E-state index in [0.717, 1.165) is 51.1 Å². The Bertz CT molecular complexity index is 309. The average molecular weight is 327 g/mol. The summed E-state index contributed by atoms with van der Waals surface area (Å²) >= 11 is 0. The fourth-order valence-electron chi connectivity index (χ4n) is 3.05. The van der Waals surface area contributed by atoms with E-state index in [1.54, 1.807) is 7.11 Å². The number of unbranched alkanes of at least 4 members (excludes halogenated alkanes) is 2. The van der Waals surface area contributed by atoms with Crippen molar-refractivity contribution < 1.29 is 4.74 Å². The van der Waals surface area contributed by atoms with E-state index in [9.17, 15) is 0 Å². The lowest BCUT2D eigenvalue weighted by Gasteiger charge is -2.33. The van der Waals surface area contributed by atoms with Crippen molar-refractivity contribution in [3.8, 4) is 0 Å². The summed E-state index contributed by atoms with van der Waals surface area (Å²) in [7, 11) is 1.76. The van der Waals surface area contributed by atoms with Crippen molar-refractivity contribution in [2.24, 2.45) is 4.99 Å². The summed E-state index contributed by atoms with van der Waals surface area (Å²) in [6.45, 7) is 10.6. The monoisotopic (exact) mass is 326 g/mol. The van der Waals surface area contributed by atoms with E-state index >= 15 is 0 Å². The Morgan fingerprint density at radius 2 is 2.04 bits per heavy atom. The molecule has 0 saturated carbocycles. The first-order chi connectivity index (χ1) is 11.3. The van der Waals surface area contributed by atoms with E-state index in [1.807, 2.05) is 0 Å². The average Bonchev–Trinajstić information content (AvgIpc) is 2.56. The predicted octanol–water partition coefficient (Wildman–Crippen LogP) is 2.62. The van der Waals surface area contributed by atoms with Crippen LogP contribution in [0.2, 0.25) is 0 Å². The van der Waals surface area contributed by atoms with Gasteiger partial charge in [0.15, 0.2) is 5.96 Å². The molecule has 5 nitrogen and oxygen atoms in total. The van der Waals surface area contributed by atoms with Crippen molar-refractivity contribution in [2.45, 2.75) is 64.8 Å². The molecule has 1 saturated heterocycles. The second-order valence-corrected chi connectivity index (χ2v) is 6.48. The van der Waals surface area contributed by atoms with Crippen LogP contribution < -0.4 is 10.6 Å². The van der Waals surface area contributed by atoms with Gasteiger partial charge in [-0.3, -0.25) is 4.99 Å².